The van der Waals surface area contributed by atoms with Crippen LogP contribution in [0.3, 0.4) is 0 Å². The van der Waals surface area contributed by atoms with E-state index in [-0.39, 0.29) is 12.4 Å². The molecule has 0 aliphatic heterocycles. The number of ether oxygens (including phenoxy) is 5. The Kier molecular flexibility index (Phi) is 10.3. The molecule has 1 N–H and O–H groups in total. The first kappa shape index (κ1) is 27.1. The summed E-state index contributed by atoms with van der Waals surface area (Å²) in [7, 11) is 1.57. The molecule has 0 atom stereocenters. The minimum absolute atomic E-state index is 0.200. The van der Waals surface area contributed by atoms with Gasteiger partial charge in [0.1, 0.15) is 17.2 Å². The number of benzene rings is 3. The number of esters is 1. The second kappa shape index (κ2) is 14.1. The van der Waals surface area contributed by atoms with Gasteiger partial charge in [0, 0.05) is 0 Å². The number of carbonyl (C=O) groups is 2. The molecule has 0 aliphatic carbocycles. The Labute approximate surface area is 216 Å². The van der Waals surface area contributed by atoms with E-state index in [1.54, 1.807) is 73.8 Å². The summed E-state index contributed by atoms with van der Waals surface area (Å²) in [6.45, 7) is 4.63. The number of rotatable bonds is 13. The Bertz CT molecular complexity index is 1190. The maximum absolute atomic E-state index is 12.6. The summed E-state index contributed by atoms with van der Waals surface area (Å²) in [5.41, 5.74) is 3.43. The minimum Gasteiger partial charge on any atom is -0.497 e. The fourth-order valence-corrected chi connectivity index (χ4v) is 3.06. The number of hydrogen-bond acceptors (Lipinski definition) is 8. The highest BCUT2D eigenvalue weighted by Gasteiger charge is 2.13. The van der Waals surface area contributed by atoms with Crippen LogP contribution in [0.2, 0.25) is 0 Å². The van der Waals surface area contributed by atoms with E-state index in [9.17, 15) is 9.59 Å². The van der Waals surface area contributed by atoms with Gasteiger partial charge < -0.3 is 23.7 Å². The summed E-state index contributed by atoms with van der Waals surface area (Å²) in [4.78, 5) is 24.6. The quantitative estimate of drug-likeness (QED) is 0.156. The van der Waals surface area contributed by atoms with Crippen molar-refractivity contribution < 1.29 is 33.3 Å². The molecule has 0 aliphatic rings. The van der Waals surface area contributed by atoms with E-state index < -0.39 is 11.9 Å². The van der Waals surface area contributed by atoms with Crippen LogP contribution in [0.4, 0.5) is 0 Å². The van der Waals surface area contributed by atoms with E-state index in [1.165, 1.54) is 6.21 Å². The van der Waals surface area contributed by atoms with Crippen LogP contribution < -0.4 is 29.1 Å². The molecule has 0 unspecified atom stereocenters. The average Bonchev–Trinajstić information content (AvgIpc) is 2.92. The summed E-state index contributed by atoms with van der Waals surface area (Å²) in [6.07, 6.45) is 2.35. The van der Waals surface area contributed by atoms with Crippen molar-refractivity contribution in [3.8, 4) is 28.7 Å². The molecule has 0 saturated carbocycles. The third kappa shape index (κ3) is 8.57. The predicted molar refractivity (Wildman–Crippen MR) is 139 cm³/mol. The van der Waals surface area contributed by atoms with Gasteiger partial charge in [-0.15, -0.1) is 0 Å². The third-order valence-electron chi connectivity index (χ3n) is 4.87. The molecule has 9 nitrogen and oxygen atoms in total. The Hall–Kier alpha value is -4.53. The molecule has 0 radical (unpaired) electrons. The molecule has 37 heavy (non-hydrogen) atoms. The van der Waals surface area contributed by atoms with Crippen LogP contribution in [0.5, 0.6) is 28.7 Å². The molecule has 3 rings (SSSR count). The first-order valence-corrected chi connectivity index (χ1v) is 11.8. The SMILES string of the molecule is CCCOc1ccc(C(=O)Oc2ccc(/C=N/NC(=O)COc3ccc(OC)cc3)cc2OCC)cc1. The molecule has 194 valence electrons. The molecule has 0 heterocycles. The normalized spacial score (nSPS) is 10.6. The number of nitrogens with zero attached hydrogens (tertiary/aromatic N) is 1. The average molecular weight is 507 g/mol. The van der Waals surface area contributed by atoms with Gasteiger partial charge >= 0.3 is 5.97 Å². The zero-order valence-corrected chi connectivity index (χ0v) is 21.1. The van der Waals surface area contributed by atoms with Crippen LogP contribution in [0.25, 0.3) is 0 Å². The maximum Gasteiger partial charge on any atom is 0.343 e. The van der Waals surface area contributed by atoms with Crippen molar-refractivity contribution in [1.29, 1.82) is 0 Å². The number of nitrogens with one attached hydrogen (secondary N) is 1. The van der Waals surface area contributed by atoms with Crippen LogP contribution in [0.1, 0.15) is 36.2 Å². The van der Waals surface area contributed by atoms with Gasteiger partial charge in [0.15, 0.2) is 18.1 Å². The summed E-state index contributed by atoms with van der Waals surface area (Å²) in [6, 6.07) is 18.6. The lowest BCUT2D eigenvalue weighted by Crippen LogP contribution is -2.24. The Morgan fingerprint density at radius 3 is 2.19 bits per heavy atom. The van der Waals surface area contributed by atoms with Crippen molar-refractivity contribution in [3.05, 3.63) is 77.9 Å². The van der Waals surface area contributed by atoms with E-state index in [4.69, 9.17) is 23.7 Å². The van der Waals surface area contributed by atoms with Crippen molar-refractivity contribution in [3.63, 3.8) is 0 Å². The summed E-state index contributed by atoms with van der Waals surface area (Å²) in [5.74, 6) is 1.62. The van der Waals surface area contributed by atoms with Crippen LogP contribution in [0, 0.1) is 0 Å². The minimum atomic E-state index is -0.520. The molecule has 3 aromatic rings. The fraction of sp³-hybridized carbons (Fsp3) is 0.250. The van der Waals surface area contributed by atoms with E-state index in [0.29, 0.717) is 47.3 Å². The highest BCUT2D eigenvalue weighted by atomic mass is 16.6. The van der Waals surface area contributed by atoms with E-state index >= 15 is 0 Å². The van der Waals surface area contributed by atoms with Crippen molar-refractivity contribution in [2.24, 2.45) is 5.10 Å². The Balaban J connectivity index is 1.56. The van der Waals surface area contributed by atoms with Crippen molar-refractivity contribution in [1.82, 2.24) is 5.43 Å². The molecule has 0 aromatic heterocycles. The van der Waals surface area contributed by atoms with Crippen LogP contribution >= 0.6 is 0 Å². The van der Waals surface area contributed by atoms with Crippen LogP contribution in [-0.2, 0) is 4.79 Å². The second-order valence-electron chi connectivity index (χ2n) is 7.66. The standard InChI is InChI=1S/C28H30N2O7/c1-4-16-35-23-9-7-21(8-10-23)28(32)37-25-15-6-20(17-26(25)34-5-2)18-29-30-27(31)19-36-24-13-11-22(33-3)12-14-24/h6-15,17-18H,4-5,16,19H2,1-3H3,(H,30,31)/b29-18+. The Morgan fingerprint density at radius 2 is 1.51 bits per heavy atom. The number of carbonyl (C=O) groups excluding carboxylic acids is 2. The Morgan fingerprint density at radius 1 is 0.838 bits per heavy atom. The van der Waals surface area contributed by atoms with Gasteiger partial charge in [-0.05, 0) is 85.6 Å². The van der Waals surface area contributed by atoms with Gasteiger partial charge in [0.05, 0.1) is 32.1 Å². The number of hydrogen-bond donors (Lipinski definition) is 1. The van der Waals surface area contributed by atoms with E-state index in [1.807, 2.05) is 13.8 Å². The molecular weight excluding hydrogens is 476 g/mol. The molecule has 0 spiro atoms. The van der Waals surface area contributed by atoms with Crippen molar-refractivity contribution in [2.75, 3.05) is 26.9 Å². The van der Waals surface area contributed by atoms with Gasteiger partial charge in [0.25, 0.3) is 5.91 Å². The van der Waals surface area contributed by atoms with Gasteiger partial charge in [0.2, 0.25) is 0 Å². The van der Waals surface area contributed by atoms with Gasteiger partial charge in [-0.1, -0.05) is 6.92 Å². The van der Waals surface area contributed by atoms with E-state index in [0.717, 1.165) is 6.42 Å². The lowest BCUT2D eigenvalue weighted by molar-refractivity contribution is -0.123. The highest BCUT2D eigenvalue weighted by Crippen LogP contribution is 2.29. The van der Waals surface area contributed by atoms with Gasteiger partial charge in [-0.3, -0.25) is 4.79 Å². The number of hydrazone groups is 1. The first-order valence-electron chi connectivity index (χ1n) is 11.8. The molecule has 0 saturated heterocycles. The van der Waals surface area contributed by atoms with Gasteiger partial charge in [-0.25, -0.2) is 10.2 Å². The second-order valence-corrected chi connectivity index (χ2v) is 7.66. The number of methoxy groups -OCH3 is 1. The summed E-state index contributed by atoms with van der Waals surface area (Å²) >= 11 is 0. The largest absolute Gasteiger partial charge is 0.497 e. The monoisotopic (exact) mass is 506 g/mol. The molecule has 3 aromatic carbocycles. The molecule has 0 fully saturated rings. The third-order valence-corrected chi connectivity index (χ3v) is 4.87. The fourth-order valence-electron chi connectivity index (χ4n) is 3.06. The van der Waals surface area contributed by atoms with Crippen molar-refractivity contribution >= 4 is 18.1 Å². The zero-order valence-electron chi connectivity index (χ0n) is 21.1. The van der Waals surface area contributed by atoms with Crippen molar-refractivity contribution in [2.45, 2.75) is 20.3 Å². The smallest absolute Gasteiger partial charge is 0.343 e. The molecule has 0 bridgehead atoms. The molecule has 1 amide bonds. The molecule has 9 heteroatoms. The lowest BCUT2D eigenvalue weighted by Gasteiger charge is -2.12. The highest BCUT2D eigenvalue weighted by molar-refractivity contribution is 5.92. The topological polar surface area (TPSA) is 105 Å². The maximum atomic E-state index is 12.6. The zero-order chi connectivity index (χ0) is 26.5. The van der Waals surface area contributed by atoms with Gasteiger partial charge in [-0.2, -0.15) is 5.10 Å². The molecular formula is C28H30N2O7. The van der Waals surface area contributed by atoms with Crippen LogP contribution in [0.15, 0.2) is 71.8 Å². The van der Waals surface area contributed by atoms with Crippen LogP contribution in [-0.4, -0.2) is 45.0 Å². The lowest BCUT2D eigenvalue weighted by atomic mass is 10.2. The van der Waals surface area contributed by atoms with E-state index in [2.05, 4.69) is 10.5 Å². The predicted octanol–water partition coefficient (Wildman–Crippen LogP) is 4.63. The number of amides is 1. The summed E-state index contributed by atoms with van der Waals surface area (Å²) < 4.78 is 27.2. The first-order chi connectivity index (χ1) is 18.0. The summed E-state index contributed by atoms with van der Waals surface area (Å²) in [5, 5.41) is 3.95.